The highest BCUT2D eigenvalue weighted by molar-refractivity contribution is 5.82. The molecule has 0 bridgehead atoms. The number of carboxylic acid groups (broad SMARTS) is 1. The quantitative estimate of drug-likeness (QED) is 0.772. The second-order valence-corrected chi connectivity index (χ2v) is 5.56. The molecular formula is C13H24N2O3. The molecular weight excluding hydrogens is 232 g/mol. The number of rotatable bonds is 5. The summed E-state index contributed by atoms with van der Waals surface area (Å²) in [6, 6.07) is -0.798. The summed E-state index contributed by atoms with van der Waals surface area (Å²) in [6.45, 7) is 8.05. The van der Waals surface area contributed by atoms with Crippen molar-refractivity contribution in [3.8, 4) is 0 Å². The van der Waals surface area contributed by atoms with Crippen LogP contribution in [0.15, 0.2) is 0 Å². The van der Waals surface area contributed by atoms with Crippen molar-refractivity contribution in [2.75, 3.05) is 19.6 Å². The lowest BCUT2D eigenvalue weighted by Gasteiger charge is -2.39. The molecule has 2 N–H and O–H groups in total. The van der Waals surface area contributed by atoms with Gasteiger partial charge < -0.3 is 15.3 Å². The number of hydrogen-bond donors (Lipinski definition) is 2. The molecule has 1 aliphatic rings. The summed E-state index contributed by atoms with van der Waals surface area (Å²) in [5.41, 5.74) is 0.392. The van der Waals surface area contributed by atoms with Gasteiger partial charge in [0.15, 0.2) is 0 Å². The SMILES string of the molecule is CCC1(C)CCN(CC(NC(C)=O)C(=O)O)CC1. The first-order chi connectivity index (χ1) is 8.36. The minimum Gasteiger partial charge on any atom is -0.480 e. The lowest BCUT2D eigenvalue weighted by atomic mass is 9.78. The fourth-order valence-electron chi connectivity index (χ4n) is 2.32. The molecule has 1 atom stereocenters. The van der Waals surface area contributed by atoms with E-state index < -0.39 is 12.0 Å². The normalized spacial score (nSPS) is 21.3. The highest BCUT2D eigenvalue weighted by atomic mass is 16.4. The Morgan fingerprint density at radius 1 is 1.39 bits per heavy atom. The van der Waals surface area contributed by atoms with Gasteiger partial charge in [0.05, 0.1) is 0 Å². The molecule has 1 rings (SSSR count). The molecule has 0 aromatic carbocycles. The minimum atomic E-state index is -0.964. The number of nitrogens with zero attached hydrogens (tertiary/aromatic N) is 1. The van der Waals surface area contributed by atoms with Crippen molar-refractivity contribution in [3.05, 3.63) is 0 Å². The van der Waals surface area contributed by atoms with E-state index in [0.29, 0.717) is 12.0 Å². The Morgan fingerprint density at radius 3 is 2.33 bits per heavy atom. The maximum atomic E-state index is 11.1. The van der Waals surface area contributed by atoms with E-state index in [-0.39, 0.29) is 5.91 Å². The Bertz CT molecular complexity index is 309. The molecule has 18 heavy (non-hydrogen) atoms. The molecule has 1 heterocycles. The number of carbonyl (C=O) groups is 2. The van der Waals surface area contributed by atoms with Crippen LogP contribution >= 0.6 is 0 Å². The molecule has 0 aromatic rings. The van der Waals surface area contributed by atoms with Crippen LogP contribution in [0.25, 0.3) is 0 Å². The van der Waals surface area contributed by atoms with E-state index >= 15 is 0 Å². The number of nitrogens with one attached hydrogen (secondary N) is 1. The number of piperidine rings is 1. The second kappa shape index (κ2) is 6.18. The van der Waals surface area contributed by atoms with Gasteiger partial charge in [-0.2, -0.15) is 0 Å². The van der Waals surface area contributed by atoms with Crippen LogP contribution in [-0.2, 0) is 9.59 Å². The van der Waals surface area contributed by atoms with E-state index in [4.69, 9.17) is 5.11 Å². The smallest absolute Gasteiger partial charge is 0.327 e. The van der Waals surface area contributed by atoms with E-state index in [1.807, 2.05) is 0 Å². The van der Waals surface area contributed by atoms with Crippen LogP contribution in [0.3, 0.4) is 0 Å². The second-order valence-electron chi connectivity index (χ2n) is 5.56. The van der Waals surface area contributed by atoms with Crippen molar-refractivity contribution in [2.24, 2.45) is 5.41 Å². The van der Waals surface area contributed by atoms with Gasteiger partial charge in [0.1, 0.15) is 6.04 Å². The third kappa shape index (κ3) is 4.29. The number of hydrogen-bond acceptors (Lipinski definition) is 3. The van der Waals surface area contributed by atoms with Gasteiger partial charge in [-0.05, 0) is 31.3 Å². The van der Waals surface area contributed by atoms with Gasteiger partial charge in [0.2, 0.25) is 5.91 Å². The molecule has 1 amide bonds. The summed E-state index contributed by atoms with van der Waals surface area (Å²) >= 11 is 0. The number of carboxylic acids is 1. The number of carbonyl (C=O) groups excluding carboxylic acids is 1. The topological polar surface area (TPSA) is 69.6 Å². The van der Waals surface area contributed by atoms with Crippen LogP contribution in [0.2, 0.25) is 0 Å². The van der Waals surface area contributed by atoms with Crippen molar-refractivity contribution in [1.82, 2.24) is 10.2 Å². The first-order valence-corrected chi connectivity index (χ1v) is 6.58. The Hall–Kier alpha value is -1.10. The zero-order valence-electron chi connectivity index (χ0n) is 11.5. The van der Waals surface area contributed by atoms with Gasteiger partial charge >= 0.3 is 5.97 Å². The van der Waals surface area contributed by atoms with Crippen LogP contribution in [0, 0.1) is 5.41 Å². The summed E-state index contributed by atoms with van der Waals surface area (Å²) in [5.74, 6) is -1.26. The van der Waals surface area contributed by atoms with Crippen molar-refractivity contribution in [2.45, 2.75) is 46.1 Å². The van der Waals surface area contributed by atoms with Crippen molar-refractivity contribution >= 4 is 11.9 Å². The molecule has 0 spiro atoms. The predicted molar refractivity (Wildman–Crippen MR) is 69.3 cm³/mol. The van der Waals surface area contributed by atoms with E-state index in [2.05, 4.69) is 24.1 Å². The molecule has 0 aromatic heterocycles. The van der Waals surface area contributed by atoms with Crippen LogP contribution in [0.1, 0.15) is 40.0 Å². The van der Waals surface area contributed by atoms with Crippen LogP contribution in [0.4, 0.5) is 0 Å². The molecule has 5 nitrogen and oxygen atoms in total. The number of aliphatic carboxylic acids is 1. The van der Waals surface area contributed by atoms with Crippen LogP contribution < -0.4 is 5.32 Å². The number of amides is 1. The molecule has 1 aliphatic heterocycles. The van der Waals surface area contributed by atoms with E-state index in [1.54, 1.807) is 0 Å². The zero-order chi connectivity index (χ0) is 13.8. The maximum absolute atomic E-state index is 11.1. The molecule has 1 fully saturated rings. The largest absolute Gasteiger partial charge is 0.480 e. The molecule has 0 aliphatic carbocycles. The minimum absolute atomic E-state index is 0.294. The first kappa shape index (κ1) is 15.0. The third-order valence-electron chi connectivity index (χ3n) is 4.03. The van der Waals surface area contributed by atoms with Gasteiger partial charge in [-0.1, -0.05) is 20.3 Å². The summed E-state index contributed by atoms with van der Waals surface area (Å²) in [5, 5.41) is 11.5. The van der Waals surface area contributed by atoms with Crippen molar-refractivity contribution in [3.63, 3.8) is 0 Å². The van der Waals surface area contributed by atoms with Crippen molar-refractivity contribution < 1.29 is 14.7 Å². The fraction of sp³-hybridized carbons (Fsp3) is 0.846. The van der Waals surface area contributed by atoms with Crippen molar-refractivity contribution in [1.29, 1.82) is 0 Å². The Balaban J connectivity index is 2.47. The van der Waals surface area contributed by atoms with Crippen LogP contribution in [0.5, 0.6) is 0 Å². The van der Waals surface area contributed by atoms with Gasteiger partial charge in [-0.3, -0.25) is 4.79 Å². The standard InChI is InChI=1S/C13H24N2O3/c1-4-13(3)5-7-15(8-6-13)9-11(12(17)18)14-10(2)16/h11H,4-9H2,1-3H3,(H,14,16)(H,17,18). The lowest BCUT2D eigenvalue weighted by Crippen LogP contribution is -2.50. The molecule has 1 unspecified atom stereocenters. The van der Waals surface area contributed by atoms with Gasteiger partial charge in [-0.15, -0.1) is 0 Å². The molecule has 104 valence electrons. The highest BCUT2D eigenvalue weighted by Crippen LogP contribution is 2.33. The molecule has 0 radical (unpaired) electrons. The van der Waals surface area contributed by atoms with Gasteiger partial charge in [0, 0.05) is 13.5 Å². The molecule has 1 saturated heterocycles. The Morgan fingerprint density at radius 2 is 1.94 bits per heavy atom. The van der Waals surface area contributed by atoms with E-state index in [0.717, 1.165) is 32.4 Å². The van der Waals surface area contributed by atoms with E-state index in [1.165, 1.54) is 6.92 Å². The monoisotopic (exact) mass is 256 g/mol. The average molecular weight is 256 g/mol. The summed E-state index contributed by atoms with van der Waals surface area (Å²) in [4.78, 5) is 24.1. The Labute approximate surface area is 109 Å². The summed E-state index contributed by atoms with van der Waals surface area (Å²) in [7, 11) is 0. The third-order valence-corrected chi connectivity index (χ3v) is 4.03. The lowest BCUT2D eigenvalue weighted by molar-refractivity contribution is -0.142. The van der Waals surface area contributed by atoms with Gasteiger partial charge in [-0.25, -0.2) is 4.79 Å². The summed E-state index contributed by atoms with van der Waals surface area (Å²) in [6.07, 6.45) is 3.35. The van der Waals surface area contributed by atoms with E-state index in [9.17, 15) is 9.59 Å². The first-order valence-electron chi connectivity index (χ1n) is 6.58. The summed E-state index contributed by atoms with van der Waals surface area (Å²) < 4.78 is 0. The van der Waals surface area contributed by atoms with Gasteiger partial charge in [0.25, 0.3) is 0 Å². The predicted octanol–water partition coefficient (Wildman–Crippen LogP) is 1.09. The molecule has 0 saturated carbocycles. The zero-order valence-corrected chi connectivity index (χ0v) is 11.5. The number of likely N-dealkylation sites (tertiary alicyclic amines) is 1. The maximum Gasteiger partial charge on any atom is 0.327 e. The average Bonchev–Trinajstić information content (AvgIpc) is 2.30. The highest BCUT2D eigenvalue weighted by Gasteiger charge is 2.30. The molecule has 5 heteroatoms. The Kier molecular flexibility index (Phi) is 5.14. The fourth-order valence-corrected chi connectivity index (χ4v) is 2.32. The van der Waals surface area contributed by atoms with Crippen LogP contribution in [-0.4, -0.2) is 47.6 Å².